The van der Waals surface area contributed by atoms with Crippen LogP contribution in [-0.2, 0) is 4.74 Å². The van der Waals surface area contributed by atoms with Crippen LogP contribution in [0.25, 0.3) is 11.2 Å². The van der Waals surface area contributed by atoms with Crippen molar-refractivity contribution in [2.45, 2.75) is 20.8 Å². The van der Waals surface area contributed by atoms with E-state index in [2.05, 4.69) is 45.6 Å². The van der Waals surface area contributed by atoms with E-state index in [4.69, 9.17) is 9.47 Å². The van der Waals surface area contributed by atoms with E-state index in [9.17, 15) is 0 Å². The van der Waals surface area contributed by atoms with E-state index in [0.717, 1.165) is 37.6 Å². The molecule has 1 spiro atoms. The number of imidazole rings is 1. The van der Waals surface area contributed by atoms with Gasteiger partial charge in [-0.2, -0.15) is 9.97 Å². The number of hydrogen-bond donors (Lipinski definition) is 1. The quantitative estimate of drug-likeness (QED) is 0.928. The van der Waals surface area contributed by atoms with E-state index >= 15 is 0 Å². The molecule has 0 saturated carbocycles. The van der Waals surface area contributed by atoms with E-state index in [1.54, 1.807) is 6.33 Å². The Hall–Kier alpha value is -1.89. The zero-order chi connectivity index (χ0) is 15.4. The lowest BCUT2D eigenvalue weighted by Gasteiger charge is -2.55. The molecule has 2 aliphatic heterocycles. The normalized spacial score (nSPS) is 20.0. The van der Waals surface area contributed by atoms with Crippen molar-refractivity contribution >= 4 is 17.0 Å². The Kier molecular flexibility index (Phi) is 2.84. The van der Waals surface area contributed by atoms with Gasteiger partial charge in [-0.1, -0.05) is 20.8 Å². The zero-order valence-corrected chi connectivity index (χ0v) is 13.2. The number of anilines is 1. The third kappa shape index (κ3) is 2.29. The molecule has 4 rings (SSSR count). The second kappa shape index (κ2) is 4.55. The van der Waals surface area contributed by atoms with E-state index in [0.29, 0.717) is 23.7 Å². The number of aromatic nitrogens is 4. The van der Waals surface area contributed by atoms with Gasteiger partial charge in [0.05, 0.1) is 31.6 Å². The van der Waals surface area contributed by atoms with Crippen molar-refractivity contribution < 1.29 is 9.47 Å². The van der Waals surface area contributed by atoms with Gasteiger partial charge in [0.15, 0.2) is 11.5 Å². The van der Waals surface area contributed by atoms with Crippen LogP contribution >= 0.6 is 0 Å². The highest BCUT2D eigenvalue weighted by Crippen LogP contribution is 2.41. The van der Waals surface area contributed by atoms with Crippen molar-refractivity contribution in [3.63, 3.8) is 0 Å². The molecule has 2 fully saturated rings. The van der Waals surface area contributed by atoms with Crippen LogP contribution in [0.5, 0.6) is 6.01 Å². The largest absolute Gasteiger partial charge is 0.463 e. The third-order valence-electron chi connectivity index (χ3n) is 4.05. The van der Waals surface area contributed by atoms with Crippen LogP contribution in [0.3, 0.4) is 0 Å². The lowest BCUT2D eigenvalue weighted by atomic mass is 9.78. The Morgan fingerprint density at radius 1 is 1.32 bits per heavy atom. The number of fused-ring (bicyclic) bond motifs is 1. The summed E-state index contributed by atoms with van der Waals surface area (Å²) >= 11 is 0. The Bertz CT molecular complexity index is 694. The topological polar surface area (TPSA) is 76.2 Å². The maximum Gasteiger partial charge on any atom is 0.320 e. The summed E-state index contributed by atoms with van der Waals surface area (Å²) in [6.45, 7) is 10.6. The number of aromatic amines is 1. The lowest BCUT2D eigenvalue weighted by molar-refractivity contribution is -0.127. The molecule has 7 heteroatoms. The molecule has 0 amide bonds. The Morgan fingerprint density at radius 2 is 2.09 bits per heavy atom. The van der Waals surface area contributed by atoms with Crippen molar-refractivity contribution in [3.05, 3.63) is 6.33 Å². The van der Waals surface area contributed by atoms with Crippen molar-refractivity contribution in [3.8, 4) is 6.01 Å². The summed E-state index contributed by atoms with van der Waals surface area (Å²) in [5.74, 6) is 0.879. The Morgan fingerprint density at radius 3 is 2.73 bits per heavy atom. The molecule has 0 aliphatic carbocycles. The minimum Gasteiger partial charge on any atom is -0.463 e. The molecule has 0 unspecified atom stereocenters. The van der Waals surface area contributed by atoms with Crippen molar-refractivity contribution in [1.82, 2.24) is 19.9 Å². The minimum atomic E-state index is 0.0636. The highest BCUT2D eigenvalue weighted by Gasteiger charge is 2.50. The molecule has 0 radical (unpaired) electrons. The van der Waals surface area contributed by atoms with E-state index < -0.39 is 0 Å². The molecule has 2 aromatic heterocycles. The third-order valence-corrected chi connectivity index (χ3v) is 4.05. The highest BCUT2D eigenvalue weighted by atomic mass is 16.5. The predicted octanol–water partition coefficient (Wildman–Crippen LogP) is 1.61. The van der Waals surface area contributed by atoms with E-state index in [-0.39, 0.29) is 5.41 Å². The molecule has 1 N–H and O–H groups in total. The summed E-state index contributed by atoms with van der Waals surface area (Å²) in [7, 11) is 0. The summed E-state index contributed by atoms with van der Waals surface area (Å²) in [4.78, 5) is 18.6. The van der Waals surface area contributed by atoms with Gasteiger partial charge in [0, 0.05) is 13.1 Å². The molecule has 7 nitrogen and oxygen atoms in total. The Labute approximate surface area is 129 Å². The first-order chi connectivity index (χ1) is 10.4. The molecule has 0 bridgehead atoms. The first kappa shape index (κ1) is 13.8. The van der Waals surface area contributed by atoms with Gasteiger partial charge < -0.3 is 19.4 Å². The molecule has 118 valence electrons. The Balaban J connectivity index is 1.60. The second-order valence-electron chi connectivity index (χ2n) is 7.63. The maximum atomic E-state index is 5.77. The van der Waals surface area contributed by atoms with Crippen LogP contribution < -0.4 is 9.64 Å². The average Bonchev–Trinajstić information content (AvgIpc) is 2.80. The van der Waals surface area contributed by atoms with Crippen LogP contribution in [0.4, 0.5) is 5.82 Å². The van der Waals surface area contributed by atoms with Crippen LogP contribution in [0.15, 0.2) is 6.33 Å². The molecule has 2 saturated heterocycles. The summed E-state index contributed by atoms with van der Waals surface area (Å²) in [6.07, 6.45) is 1.65. The molecule has 2 aliphatic rings. The summed E-state index contributed by atoms with van der Waals surface area (Å²) in [5, 5.41) is 0. The highest BCUT2D eigenvalue weighted by molar-refractivity contribution is 5.84. The zero-order valence-electron chi connectivity index (χ0n) is 13.2. The fourth-order valence-electron chi connectivity index (χ4n) is 2.86. The number of hydrogen-bond acceptors (Lipinski definition) is 6. The summed E-state index contributed by atoms with van der Waals surface area (Å²) in [6, 6.07) is 0.398. The van der Waals surface area contributed by atoms with Gasteiger partial charge in [0.1, 0.15) is 5.52 Å². The van der Waals surface area contributed by atoms with Crippen LogP contribution in [0.2, 0.25) is 0 Å². The van der Waals surface area contributed by atoms with Gasteiger partial charge >= 0.3 is 6.01 Å². The van der Waals surface area contributed by atoms with Gasteiger partial charge in [-0.3, -0.25) is 0 Å². The maximum absolute atomic E-state index is 5.77. The molecule has 4 heterocycles. The van der Waals surface area contributed by atoms with Gasteiger partial charge in [-0.25, -0.2) is 4.98 Å². The number of nitrogens with one attached hydrogen (secondary N) is 1. The molecule has 2 aromatic rings. The minimum absolute atomic E-state index is 0.0636. The first-order valence-corrected chi connectivity index (χ1v) is 7.61. The standard InChI is InChI=1S/C15H21N5O2/c1-14(2,3)6-22-13-18-11-10(16-9-17-11)12(19-13)20-4-15(5-20)7-21-8-15/h9H,4-8H2,1-3H3,(H,16,17,18,19). The van der Waals surface area contributed by atoms with Crippen LogP contribution in [-0.4, -0.2) is 52.8 Å². The van der Waals surface area contributed by atoms with Crippen LogP contribution in [0, 0.1) is 10.8 Å². The lowest BCUT2D eigenvalue weighted by Crippen LogP contribution is -2.66. The van der Waals surface area contributed by atoms with E-state index in [1.807, 2.05) is 0 Å². The van der Waals surface area contributed by atoms with Crippen molar-refractivity contribution in [2.75, 3.05) is 37.8 Å². The number of nitrogens with zero attached hydrogens (tertiary/aromatic N) is 4. The fourth-order valence-corrected chi connectivity index (χ4v) is 2.86. The average molecular weight is 303 g/mol. The number of rotatable bonds is 3. The molecular weight excluding hydrogens is 282 g/mol. The predicted molar refractivity (Wildman–Crippen MR) is 82.1 cm³/mol. The number of ether oxygens (including phenoxy) is 2. The van der Waals surface area contributed by atoms with Gasteiger partial charge in [-0.05, 0) is 5.41 Å². The van der Waals surface area contributed by atoms with Gasteiger partial charge in [0.25, 0.3) is 0 Å². The first-order valence-electron chi connectivity index (χ1n) is 7.61. The summed E-state index contributed by atoms with van der Waals surface area (Å²) < 4.78 is 11.1. The second-order valence-corrected chi connectivity index (χ2v) is 7.63. The molecule has 22 heavy (non-hydrogen) atoms. The van der Waals surface area contributed by atoms with Gasteiger partial charge in [0.2, 0.25) is 0 Å². The monoisotopic (exact) mass is 303 g/mol. The smallest absolute Gasteiger partial charge is 0.320 e. The van der Waals surface area contributed by atoms with Crippen molar-refractivity contribution in [1.29, 1.82) is 0 Å². The van der Waals surface area contributed by atoms with Gasteiger partial charge in [-0.15, -0.1) is 0 Å². The molecule has 0 atom stereocenters. The molecule has 0 aromatic carbocycles. The number of H-pyrrole nitrogens is 1. The fraction of sp³-hybridized carbons (Fsp3) is 0.667. The van der Waals surface area contributed by atoms with E-state index in [1.165, 1.54) is 0 Å². The van der Waals surface area contributed by atoms with Crippen LogP contribution in [0.1, 0.15) is 20.8 Å². The SMILES string of the molecule is CC(C)(C)COc1nc(N2CC3(COC3)C2)c2[nH]cnc2n1. The molecular formula is C15H21N5O2. The summed E-state index contributed by atoms with van der Waals surface area (Å²) in [5.41, 5.74) is 1.93. The van der Waals surface area contributed by atoms with Crippen molar-refractivity contribution in [2.24, 2.45) is 10.8 Å².